The second-order valence-corrected chi connectivity index (χ2v) is 6.34. The highest BCUT2D eigenvalue weighted by molar-refractivity contribution is 5.84. The van der Waals surface area contributed by atoms with Crippen molar-refractivity contribution in [2.45, 2.75) is 26.7 Å². The van der Waals surface area contributed by atoms with Gasteiger partial charge < -0.3 is 9.32 Å². The number of nitrogens with zero attached hydrogens (tertiary/aromatic N) is 2. The SMILES string of the molecule is CCCN(CC)CCc1cc2cc(-c3ccc(C#N)cc3)ccc2o1. The maximum absolute atomic E-state index is 8.92. The molecule has 1 heterocycles. The molecule has 0 aliphatic carbocycles. The van der Waals surface area contributed by atoms with Crippen LogP contribution in [-0.2, 0) is 6.42 Å². The van der Waals surface area contributed by atoms with Gasteiger partial charge in [-0.2, -0.15) is 5.26 Å². The number of hydrogen-bond donors (Lipinski definition) is 0. The highest BCUT2D eigenvalue weighted by atomic mass is 16.3. The van der Waals surface area contributed by atoms with Crippen LogP contribution in [0.25, 0.3) is 22.1 Å². The Balaban J connectivity index is 1.78. The van der Waals surface area contributed by atoms with Gasteiger partial charge in [-0.25, -0.2) is 0 Å². The minimum Gasteiger partial charge on any atom is -0.461 e. The van der Waals surface area contributed by atoms with Gasteiger partial charge in [-0.15, -0.1) is 0 Å². The zero-order valence-electron chi connectivity index (χ0n) is 15.0. The maximum atomic E-state index is 8.92. The Morgan fingerprint density at radius 3 is 2.40 bits per heavy atom. The minimum atomic E-state index is 0.683. The highest BCUT2D eigenvalue weighted by Gasteiger charge is 2.08. The summed E-state index contributed by atoms with van der Waals surface area (Å²) < 4.78 is 6.00. The summed E-state index contributed by atoms with van der Waals surface area (Å²) in [5.41, 5.74) is 3.88. The van der Waals surface area contributed by atoms with Crippen molar-refractivity contribution < 1.29 is 4.42 Å². The van der Waals surface area contributed by atoms with Crippen molar-refractivity contribution in [2.24, 2.45) is 0 Å². The standard InChI is InChI=1S/C22H24N2O/c1-3-12-24(4-2)13-11-21-15-20-14-19(9-10-22(20)25-21)18-7-5-17(16-23)6-8-18/h5-10,14-15H,3-4,11-13H2,1-2H3. The van der Waals surface area contributed by atoms with Crippen LogP contribution in [0.2, 0.25) is 0 Å². The van der Waals surface area contributed by atoms with Crippen LogP contribution in [0.4, 0.5) is 0 Å². The van der Waals surface area contributed by atoms with Gasteiger partial charge >= 0.3 is 0 Å². The Morgan fingerprint density at radius 1 is 0.960 bits per heavy atom. The van der Waals surface area contributed by atoms with E-state index in [0.717, 1.165) is 53.9 Å². The molecule has 3 rings (SSSR count). The van der Waals surface area contributed by atoms with Gasteiger partial charge in [0, 0.05) is 18.4 Å². The van der Waals surface area contributed by atoms with Crippen molar-refractivity contribution in [2.75, 3.05) is 19.6 Å². The van der Waals surface area contributed by atoms with Gasteiger partial charge in [0.15, 0.2) is 0 Å². The quantitative estimate of drug-likeness (QED) is 0.593. The van der Waals surface area contributed by atoms with Gasteiger partial charge in [-0.05, 0) is 61.0 Å². The molecule has 0 spiro atoms. The third kappa shape index (κ3) is 4.10. The average Bonchev–Trinajstić information content (AvgIpc) is 3.07. The molecule has 128 valence electrons. The van der Waals surface area contributed by atoms with Crippen LogP contribution in [-0.4, -0.2) is 24.5 Å². The lowest BCUT2D eigenvalue weighted by atomic mass is 10.0. The molecule has 0 N–H and O–H groups in total. The number of hydrogen-bond acceptors (Lipinski definition) is 3. The Hall–Kier alpha value is -2.57. The van der Waals surface area contributed by atoms with Gasteiger partial charge in [-0.3, -0.25) is 0 Å². The van der Waals surface area contributed by atoms with Crippen molar-refractivity contribution in [3.8, 4) is 17.2 Å². The summed E-state index contributed by atoms with van der Waals surface area (Å²) in [5, 5.41) is 10.1. The van der Waals surface area contributed by atoms with Gasteiger partial charge in [-0.1, -0.05) is 32.0 Å². The lowest BCUT2D eigenvalue weighted by molar-refractivity contribution is 0.286. The first-order chi connectivity index (χ1) is 12.2. The van der Waals surface area contributed by atoms with Crippen LogP contribution in [0, 0.1) is 11.3 Å². The fourth-order valence-corrected chi connectivity index (χ4v) is 3.15. The van der Waals surface area contributed by atoms with E-state index in [2.05, 4.69) is 43.0 Å². The second kappa shape index (κ2) is 8.00. The summed E-state index contributed by atoms with van der Waals surface area (Å²) in [7, 11) is 0. The molecule has 2 aromatic carbocycles. The minimum absolute atomic E-state index is 0.683. The summed E-state index contributed by atoms with van der Waals surface area (Å²) >= 11 is 0. The molecule has 0 amide bonds. The van der Waals surface area contributed by atoms with E-state index in [-0.39, 0.29) is 0 Å². The number of rotatable bonds is 7. The molecule has 3 aromatic rings. The molecule has 0 atom stereocenters. The molecule has 3 heteroatoms. The molecular formula is C22H24N2O. The molecule has 25 heavy (non-hydrogen) atoms. The first-order valence-electron chi connectivity index (χ1n) is 8.99. The van der Waals surface area contributed by atoms with E-state index in [1.807, 2.05) is 30.3 Å². The summed E-state index contributed by atoms with van der Waals surface area (Å²) in [6, 6.07) is 18.3. The fourth-order valence-electron chi connectivity index (χ4n) is 3.15. The molecule has 0 aliphatic rings. The second-order valence-electron chi connectivity index (χ2n) is 6.34. The van der Waals surface area contributed by atoms with Crippen LogP contribution in [0.5, 0.6) is 0 Å². The van der Waals surface area contributed by atoms with Crippen molar-refractivity contribution in [1.82, 2.24) is 4.90 Å². The average molecular weight is 332 g/mol. The van der Waals surface area contributed by atoms with E-state index in [4.69, 9.17) is 9.68 Å². The van der Waals surface area contributed by atoms with E-state index < -0.39 is 0 Å². The molecule has 0 saturated carbocycles. The molecular weight excluding hydrogens is 308 g/mol. The van der Waals surface area contributed by atoms with Gasteiger partial charge in [0.25, 0.3) is 0 Å². The summed E-state index contributed by atoms with van der Waals surface area (Å²) in [6.07, 6.45) is 2.12. The topological polar surface area (TPSA) is 40.2 Å². The molecule has 0 bridgehead atoms. The molecule has 0 fully saturated rings. The monoisotopic (exact) mass is 332 g/mol. The number of furan rings is 1. The first kappa shape index (κ1) is 17.3. The smallest absolute Gasteiger partial charge is 0.134 e. The molecule has 0 saturated heterocycles. The molecule has 0 aliphatic heterocycles. The third-order valence-corrected chi connectivity index (χ3v) is 4.58. The Labute approximate surface area is 149 Å². The zero-order valence-corrected chi connectivity index (χ0v) is 15.0. The van der Waals surface area contributed by atoms with Crippen LogP contribution in [0.1, 0.15) is 31.6 Å². The Morgan fingerprint density at radius 2 is 1.72 bits per heavy atom. The van der Waals surface area contributed by atoms with Crippen LogP contribution < -0.4 is 0 Å². The number of fused-ring (bicyclic) bond motifs is 1. The van der Waals surface area contributed by atoms with Gasteiger partial charge in [0.2, 0.25) is 0 Å². The van der Waals surface area contributed by atoms with Crippen LogP contribution >= 0.6 is 0 Å². The van der Waals surface area contributed by atoms with Crippen molar-refractivity contribution in [3.63, 3.8) is 0 Å². The van der Waals surface area contributed by atoms with Crippen LogP contribution in [0.3, 0.4) is 0 Å². The number of nitriles is 1. The predicted molar refractivity (Wildman–Crippen MR) is 102 cm³/mol. The normalized spacial score (nSPS) is 11.1. The van der Waals surface area contributed by atoms with E-state index in [9.17, 15) is 0 Å². The molecule has 1 aromatic heterocycles. The van der Waals surface area contributed by atoms with E-state index in [0.29, 0.717) is 5.56 Å². The van der Waals surface area contributed by atoms with E-state index in [1.165, 1.54) is 6.42 Å². The van der Waals surface area contributed by atoms with Crippen molar-refractivity contribution >= 4 is 11.0 Å². The lowest BCUT2D eigenvalue weighted by Crippen LogP contribution is -2.26. The fraction of sp³-hybridized carbons (Fsp3) is 0.318. The Bertz CT molecular complexity index is 871. The van der Waals surface area contributed by atoms with Gasteiger partial charge in [0.1, 0.15) is 11.3 Å². The zero-order chi connectivity index (χ0) is 17.6. The summed E-state index contributed by atoms with van der Waals surface area (Å²) in [5.74, 6) is 1.04. The first-order valence-corrected chi connectivity index (χ1v) is 8.99. The van der Waals surface area contributed by atoms with Crippen molar-refractivity contribution in [1.29, 1.82) is 5.26 Å². The number of benzene rings is 2. The molecule has 0 radical (unpaired) electrons. The number of likely N-dealkylation sites (N-methyl/N-ethyl adjacent to an activating group) is 1. The third-order valence-electron chi connectivity index (χ3n) is 4.58. The highest BCUT2D eigenvalue weighted by Crippen LogP contribution is 2.27. The lowest BCUT2D eigenvalue weighted by Gasteiger charge is -2.18. The summed E-state index contributed by atoms with van der Waals surface area (Å²) in [4.78, 5) is 2.45. The van der Waals surface area contributed by atoms with Crippen molar-refractivity contribution in [3.05, 3.63) is 59.9 Å². The largest absolute Gasteiger partial charge is 0.461 e. The Kier molecular flexibility index (Phi) is 5.53. The van der Waals surface area contributed by atoms with Gasteiger partial charge in [0.05, 0.1) is 11.6 Å². The predicted octanol–water partition coefficient (Wildman–Crippen LogP) is 5.25. The maximum Gasteiger partial charge on any atom is 0.134 e. The summed E-state index contributed by atoms with van der Waals surface area (Å²) in [6.45, 7) is 7.68. The van der Waals surface area contributed by atoms with E-state index >= 15 is 0 Å². The van der Waals surface area contributed by atoms with E-state index in [1.54, 1.807) is 0 Å². The molecule has 0 unspecified atom stereocenters. The van der Waals surface area contributed by atoms with Crippen LogP contribution in [0.15, 0.2) is 52.9 Å². The molecule has 3 nitrogen and oxygen atoms in total.